The van der Waals surface area contributed by atoms with Crippen molar-refractivity contribution in [1.82, 2.24) is 10.0 Å². The van der Waals surface area contributed by atoms with E-state index in [1.165, 1.54) is 12.1 Å². The van der Waals surface area contributed by atoms with Gasteiger partial charge in [0.05, 0.1) is 4.90 Å². The number of rotatable bonds is 10. The van der Waals surface area contributed by atoms with Gasteiger partial charge in [-0.2, -0.15) is 0 Å². The molecular weight excluding hydrogens is 316 g/mol. The molecule has 0 spiro atoms. The van der Waals surface area contributed by atoms with Gasteiger partial charge < -0.3 is 10.1 Å². The van der Waals surface area contributed by atoms with Gasteiger partial charge in [0.25, 0.3) is 5.91 Å². The van der Waals surface area contributed by atoms with E-state index >= 15 is 0 Å². The molecule has 2 N–H and O–H groups in total. The van der Waals surface area contributed by atoms with Gasteiger partial charge in [0.2, 0.25) is 10.0 Å². The Bertz CT molecular complexity index is 583. The summed E-state index contributed by atoms with van der Waals surface area (Å²) in [5.74, 6) is 0.803. The highest BCUT2D eigenvalue weighted by atomic mass is 32.2. The molecule has 7 heteroatoms. The Balaban J connectivity index is 2.47. The van der Waals surface area contributed by atoms with Gasteiger partial charge in [-0.25, -0.2) is 13.1 Å². The zero-order valence-electron chi connectivity index (χ0n) is 14.0. The average molecular weight is 342 g/mol. The maximum Gasteiger partial charge on any atom is 0.257 e. The van der Waals surface area contributed by atoms with Gasteiger partial charge in [0, 0.05) is 13.1 Å². The largest absolute Gasteiger partial charge is 0.484 e. The van der Waals surface area contributed by atoms with Crippen molar-refractivity contribution in [3.63, 3.8) is 0 Å². The van der Waals surface area contributed by atoms with Crippen LogP contribution in [0.15, 0.2) is 29.2 Å². The lowest BCUT2D eigenvalue weighted by Crippen LogP contribution is -2.30. The maximum atomic E-state index is 11.9. The Morgan fingerprint density at radius 3 is 2.39 bits per heavy atom. The summed E-state index contributed by atoms with van der Waals surface area (Å²) in [6.07, 6.45) is 1.65. The number of hydrogen-bond acceptors (Lipinski definition) is 4. The van der Waals surface area contributed by atoms with E-state index in [2.05, 4.69) is 23.9 Å². The van der Waals surface area contributed by atoms with Crippen molar-refractivity contribution < 1.29 is 17.9 Å². The van der Waals surface area contributed by atoms with Gasteiger partial charge in [-0.3, -0.25) is 4.79 Å². The van der Waals surface area contributed by atoms with Gasteiger partial charge in [-0.05, 0) is 43.0 Å². The van der Waals surface area contributed by atoms with Gasteiger partial charge in [0.1, 0.15) is 5.75 Å². The van der Waals surface area contributed by atoms with E-state index in [0.29, 0.717) is 24.8 Å². The summed E-state index contributed by atoms with van der Waals surface area (Å²) in [5.41, 5.74) is 0. The van der Waals surface area contributed by atoms with E-state index in [1.54, 1.807) is 12.1 Å². The molecule has 6 nitrogen and oxygen atoms in total. The molecule has 1 rings (SSSR count). The summed E-state index contributed by atoms with van der Waals surface area (Å²) in [7, 11) is -3.48. The molecule has 0 aliphatic heterocycles. The van der Waals surface area contributed by atoms with Crippen LogP contribution in [0.2, 0.25) is 0 Å². The highest BCUT2D eigenvalue weighted by molar-refractivity contribution is 7.89. The minimum Gasteiger partial charge on any atom is -0.484 e. The monoisotopic (exact) mass is 342 g/mol. The molecule has 0 saturated heterocycles. The molecule has 1 aromatic carbocycles. The van der Waals surface area contributed by atoms with Crippen LogP contribution in [-0.2, 0) is 14.8 Å². The molecular formula is C16H26N2O4S. The number of sulfonamides is 1. The number of ether oxygens (including phenoxy) is 1. The predicted molar refractivity (Wildman–Crippen MR) is 89.9 cm³/mol. The van der Waals surface area contributed by atoms with Crippen LogP contribution in [0, 0.1) is 5.92 Å². The molecule has 0 aliphatic carbocycles. The van der Waals surface area contributed by atoms with E-state index in [4.69, 9.17) is 4.74 Å². The van der Waals surface area contributed by atoms with Crippen LogP contribution in [0.25, 0.3) is 0 Å². The first kappa shape index (κ1) is 19.4. The van der Waals surface area contributed by atoms with Gasteiger partial charge >= 0.3 is 0 Å². The highest BCUT2D eigenvalue weighted by Gasteiger charge is 2.12. The Morgan fingerprint density at radius 1 is 1.17 bits per heavy atom. The third-order valence-electron chi connectivity index (χ3n) is 3.09. The number of carbonyl (C=O) groups excluding carboxylic acids is 1. The lowest BCUT2D eigenvalue weighted by molar-refractivity contribution is -0.123. The third-order valence-corrected chi connectivity index (χ3v) is 4.57. The maximum absolute atomic E-state index is 11.9. The zero-order chi connectivity index (χ0) is 17.3. The average Bonchev–Trinajstić information content (AvgIpc) is 2.51. The molecule has 0 aromatic heterocycles. The summed E-state index contributed by atoms with van der Waals surface area (Å²) < 4.78 is 31.7. The fourth-order valence-corrected chi connectivity index (χ4v) is 2.87. The molecule has 130 valence electrons. The first-order valence-corrected chi connectivity index (χ1v) is 9.32. The smallest absolute Gasteiger partial charge is 0.257 e. The zero-order valence-corrected chi connectivity index (χ0v) is 14.8. The van der Waals surface area contributed by atoms with Crippen molar-refractivity contribution in [2.75, 3.05) is 19.7 Å². The number of hydrogen-bond donors (Lipinski definition) is 2. The fourth-order valence-electron chi connectivity index (χ4n) is 1.73. The standard InChI is InChI=1S/C16H26N2O4S/c1-4-10-18-23(20,21)15-7-5-14(6-8-15)22-12-16(19)17-11-9-13(2)3/h5-8,13,18H,4,9-12H2,1-3H3,(H,17,19). The second-order valence-electron chi connectivity index (χ2n) is 5.69. The summed E-state index contributed by atoms with van der Waals surface area (Å²) in [4.78, 5) is 11.8. The van der Waals surface area contributed by atoms with E-state index in [-0.39, 0.29) is 17.4 Å². The van der Waals surface area contributed by atoms with Crippen LogP contribution in [0.4, 0.5) is 0 Å². The van der Waals surface area contributed by atoms with Crippen molar-refractivity contribution in [3.8, 4) is 5.75 Å². The molecule has 0 saturated carbocycles. The summed E-state index contributed by atoms with van der Waals surface area (Å²) in [5, 5.41) is 2.77. The molecule has 0 atom stereocenters. The summed E-state index contributed by atoms with van der Waals surface area (Å²) in [6.45, 7) is 7.02. The second-order valence-corrected chi connectivity index (χ2v) is 7.46. The highest BCUT2D eigenvalue weighted by Crippen LogP contribution is 2.15. The fraction of sp³-hybridized carbons (Fsp3) is 0.562. The van der Waals surface area contributed by atoms with Crippen LogP contribution in [0.1, 0.15) is 33.6 Å². The third kappa shape index (κ3) is 7.47. The minimum atomic E-state index is -3.48. The van der Waals surface area contributed by atoms with Crippen LogP contribution in [0.5, 0.6) is 5.75 Å². The number of amides is 1. The van der Waals surface area contributed by atoms with Gasteiger partial charge in [-0.15, -0.1) is 0 Å². The molecule has 0 radical (unpaired) electrons. The van der Waals surface area contributed by atoms with E-state index in [1.807, 2.05) is 6.92 Å². The van der Waals surface area contributed by atoms with Crippen LogP contribution < -0.4 is 14.8 Å². The van der Waals surface area contributed by atoms with Crippen LogP contribution in [0.3, 0.4) is 0 Å². The molecule has 0 aliphatic rings. The Morgan fingerprint density at radius 2 is 1.83 bits per heavy atom. The first-order valence-electron chi connectivity index (χ1n) is 7.84. The lowest BCUT2D eigenvalue weighted by atomic mass is 10.1. The summed E-state index contributed by atoms with van der Waals surface area (Å²) in [6, 6.07) is 6.01. The Kier molecular flexibility index (Phi) is 8.05. The van der Waals surface area contributed by atoms with Crippen molar-refractivity contribution in [3.05, 3.63) is 24.3 Å². The van der Waals surface area contributed by atoms with Gasteiger partial charge in [-0.1, -0.05) is 20.8 Å². The van der Waals surface area contributed by atoms with E-state index < -0.39 is 10.0 Å². The molecule has 0 bridgehead atoms. The predicted octanol–water partition coefficient (Wildman–Crippen LogP) is 1.92. The molecule has 0 fully saturated rings. The number of nitrogens with one attached hydrogen (secondary N) is 2. The van der Waals surface area contributed by atoms with E-state index in [0.717, 1.165) is 12.8 Å². The molecule has 0 heterocycles. The normalized spacial score (nSPS) is 11.5. The summed E-state index contributed by atoms with van der Waals surface area (Å²) >= 11 is 0. The van der Waals surface area contributed by atoms with Crippen molar-refractivity contribution in [2.24, 2.45) is 5.92 Å². The first-order chi connectivity index (χ1) is 10.8. The quantitative estimate of drug-likeness (QED) is 0.680. The second kappa shape index (κ2) is 9.52. The molecule has 23 heavy (non-hydrogen) atoms. The van der Waals surface area contributed by atoms with Crippen molar-refractivity contribution in [1.29, 1.82) is 0 Å². The van der Waals surface area contributed by atoms with Crippen LogP contribution in [-0.4, -0.2) is 34.0 Å². The Hall–Kier alpha value is -1.60. The van der Waals surface area contributed by atoms with E-state index in [9.17, 15) is 13.2 Å². The van der Waals surface area contributed by atoms with Crippen LogP contribution >= 0.6 is 0 Å². The molecule has 0 unspecified atom stereocenters. The lowest BCUT2D eigenvalue weighted by Gasteiger charge is -2.09. The molecule has 1 aromatic rings. The van der Waals surface area contributed by atoms with Crippen molar-refractivity contribution >= 4 is 15.9 Å². The number of carbonyl (C=O) groups is 1. The van der Waals surface area contributed by atoms with Crippen molar-refractivity contribution in [2.45, 2.75) is 38.5 Å². The van der Waals surface area contributed by atoms with Gasteiger partial charge in [0.15, 0.2) is 6.61 Å². The Labute approximate surface area is 138 Å². The minimum absolute atomic E-state index is 0.0850. The number of benzene rings is 1. The SMILES string of the molecule is CCCNS(=O)(=O)c1ccc(OCC(=O)NCCC(C)C)cc1. The molecule has 1 amide bonds. The topological polar surface area (TPSA) is 84.5 Å².